The maximum absolute atomic E-state index is 12.5. The average molecular weight is 390 g/mol. The highest BCUT2D eigenvalue weighted by molar-refractivity contribution is 7.92. The first-order valence-corrected chi connectivity index (χ1v) is 10.4. The van der Waals surface area contributed by atoms with Crippen molar-refractivity contribution in [3.8, 4) is 0 Å². The molecule has 1 unspecified atom stereocenters. The summed E-state index contributed by atoms with van der Waals surface area (Å²) in [6.45, 7) is 4.68. The van der Waals surface area contributed by atoms with Crippen LogP contribution in [0.15, 0.2) is 59.5 Å². The molecular formula is C20H27N3O3S. The molecule has 0 aromatic heterocycles. The number of nitrogens with two attached hydrogens (primary N) is 1. The Morgan fingerprint density at radius 1 is 1.07 bits per heavy atom. The van der Waals surface area contributed by atoms with Crippen LogP contribution in [0.3, 0.4) is 0 Å². The summed E-state index contributed by atoms with van der Waals surface area (Å²) in [6, 6.07) is 14.6. The van der Waals surface area contributed by atoms with Crippen LogP contribution in [-0.4, -0.2) is 38.9 Å². The number of hydrogen-bond acceptors (Lipinski definition) is 4. The van der Waals surface area contributed by atoms with Crippen molar-refractivity contribution in [2.45, 2.75) is 31.2 Å². The molecule has 2 aromatic rings. The Morgan fingerprint density at radius 2 is 1.67 bits per heavy atom. The van der Waals surface area contributed by atoms with Gasteiger partial charge in [0.25, 0.3) is 15.9 Å². The van der Waals surface area contributed by atoms with Gasteiger partial charge in [0.05, 0.1) is 4.90 Å². The first-order valence-electron chi connectivity index (χ1n) is 8.89. The van der Waals surface area contributed by atoms with Crippen LogP contribution in [0.25, 0.3) is 0 Å². The van der Waals surface area contributed by atoms with Gasteiger partial charge in [0.1, 0.15) is 0 Å². The molecule has 0 aliphatic carbocycles. The lowest BCUT2D eigenvalue weighted by atomic mass is 10.0. The van der Waals surface area contributed by atoms with Crippen LogP contribution in [0.5, 0.6) is 0 Å². The first kappa shape index (κ1) is 20.9. The number of amides is 1. The van der Waals surface area contributed by atoms with Crippen LogP contribution in [-0.2, 0) is 10.0 Å². The van der Waals surface area contributed by atoms with Gasteiger partial charge in [0.15, 0.2) is 0 Å². The molecule has 0 bridgehead atoms. The lowest BCUT2D eigenvalue weighted by Crippen LogP contribution is -2.34. The molecule has 6 nitrogen and oxygen atoms in total. The number of hydrogen-bond donors (Lipinski definition) is 2. The Morgan fingerprint density at radius 3 is 2.22 bits per heavy atom. The molecule has 2 rings (SSSR count). The summed E-state index contributed by atoms with van der Waals surface area (Å²) in [6.07, 6.45) is 0.731. The third-order valence-electron chi connectivity index (χ3n) is 4.44. The maximum Gasteiger partial charge on any atom is 0.261 e. The summed E-state index contributed by atoms with van der Waals surface area (Å²) >= 11 is 0. The first-order chi connectivity index (χ1) is 12.7. The molecular weight excluding hydrogens is 362 g/mol. The third kappa shape index (κ3) is 5.80. The molecule has 0 aliphatic heterocycles. The van der Waals surface area contributed by atoms with Crippen molar-refractivity contribution in [3.63, 3.8) is 0 Å². The van der Waals surface area contributed by atoms with Crippen molar-refractivity contribution in [2.75, 3.05) is 18.3 Å². The Hall–Kier alpha value is -2.38. The summed E-state index contributed by atoms with van der Waals surface area (Å²) in [5.41, 5.74) is 6.93. The molecule has 0 spiro atoms. The number of nitrogens with one attached hydrogen (secondary N) is 1. The zero-order valence-electron chi connectivity index (χ0n) is 15.9. The maximum atomic E-state index is 12.5. The van der Waals surface area contributed by atoms with E-state index in [4.69, 9.17) is 5.73 Å². The van der Waals surface area contributed by atoms with E-state index < -0.39 is 10.0 Å². The second-order valence-corrected chi connectivity index (χ2v) is 8.60. The number of sulfonamides is 1. The Bertz CT molecular complexity index is 850. The van der Waals surface area contributed by atoms with E-state index in [9.17, 15) is 13.2 Å². The molecule has 7 heteroatoms. The largest absolute Gasteiger partial charge is 0.342 e. The normalized spacial score (nSPS) is 12.6. The molecule has 0 radical (unpaired) electrons. The van der Waals surface area contributed by atoms with E-state index in [0.29, 0.717) is 23.7 Å². The second kappa shape index (κ2) is 9.01. The van der Waals surface area contributed by atoms with Crippen molar-refractivity contribution in [1.82, 2.24) is 4.90 Å². The summed E-state index contributed by atoms with van der Waals surface area (Å²) in [5.74, 6) is 0.244. The summed E-state index contributed by atoms with van der Waals surface area (Å²) in [7, 11) is -1.91. The van der Waals surface area contributed by atoms with E-state index >= 15 is 0 Å². The molecule has 3 N–H and O–H groups in total. The van der Waals surface area contributed by atoms with Crippen molar-refractivity contribution in [3.05, 3.63) is 60.2 Å². The Labute approximate surface area is 161 Å². The van der Waals surface area contributed by atoms with Crippen LogP contribution in [0.1, 0.15) is 30.6 Å². The predicted octanol–water partition coefficient (Wildman–Crippen LogP) is 2.93. The monoisotopic (exact) mass is 389 g/mol. The highest BCUT2D eigenvalue weighted by atomic mass is 32.2. The fourth-order valence-electron chi connectivity index (χ4n) is 2.49. The minimum Gasteiger partial charge on any atom is -0.342 e. The third-order valence-corrected chi connectivity index (χ3v) is 5.84. The molecule has 1 amide bonds. The van der Waals surface area contributed by atoms with Crippen molar-refractivity contribution >= 4 is 21.6 Å². The lowest BCUT2D eigenvalue weighted by Gasteiger charge is -2.21. The van der Waals surface area contributed by atoms with Crippen LogP contribution in [0.2, 0.25) is 0 Å². The van der Waals surface area contributed by atoms with Gasteiger partial charge in [-0.2, -0.15) is 0 Å². The summed E-state index contributed by atoms with van der Waals surface area (Å²) in [5, 5.41) is 0. The van der Waals surface area contributed by atoms with Crippen molar-refractivity contribution in [1.29, 1.82) is 0 Å². The minimum absolute atomic E-state index is 0.0509. The second-order valence-electron chi connectivity index (χ2n) is 6.92. The highest BCUT2D eigenvalue weighted by Crippen LogP contribution is 2.17. The summed E-state index contributed by atoms with van der Waals surface area (Å²) in [4.78, 5) is 14.3. The fourth-order valence-corrected chi connectivity index (χ4v) is 3.57. The molecule has 2 aromatic carbocycles. The van der Waals surface area contributed by atoms with Crippen molar-refractivity contribution in [2.24, 2.45) is 11.7 Å². The van der Waals surface area contributed by atoms with Gasteiger partial charge in [-0.05, 0) is 48.7 Å². The number of rotatable bonds is 8. The number of anilines is 1. The van der Waals surface area contributed by atoms with Crippen LogP contribution >= 0.6 is 0 Å². The molecule has 27 heavy (non-hydrogen) atoms. The Balaban J connectivity index is 2.01. The molecule has 1 atom stereocenters. The smallest absolute Gasteiger partial charge is 0.261 e. The quantitative estimate of drug-likeness (QED) is 0.726. The van der Waals surface area contributed by atoms with Crippen LogP contribution in [0.4, 0.5) is 5.69 Å². The van der Waals surface area contributed by atoms with E-state index in [1.807, 2.05) is 0 Å². The molecule has 0 fully saturated rings. The number of nitrogens with zero attached hydrogens (tertiary/aromatic N) is 1. The van der Waals surface area contributed by atoms with Gasteiger partial charge >= 0.3 is 0 Å². The zero-order chi connectivity index (χ0) is 20.0. The average Bonchev–Trinajstić information content (AvgIpc) is 2.66. The molecule has 0 saturated carbocycles. The van der Waals surface area contributed by atoms with Gasteiger partial charge in [-0.1, -0.05) is 32.0 Å². The molecule has 0 heterocycles. The van der Waals surface area contributed by atoms with Gasteiger partial charge in [-0.3, -0.25) is 9.52 Å². The van der Waals surface area contributed by atoms with Crippen LogP contribution in [0, 0.1) is 5.92 Å². The fraction of sp³-hybridized carbons (Fsp3) is 0.350. The standard InChI is InChI=1S/C20H27N3O3S/c1-15(2)19(21)13-14-23(3)20(24)16-9-11-17(12-10-16)22-27(25,26)18-7-5-4-6-8-18/h4-12,15,19,22H,13-14,21H2,1-3H3. The summed E-state index contributed by atoms with van der Waals surface area (Å²) < 4.78 is 27.2. The minimum atomic E-state index is -3.65. The number of benzene rings is 2. The van der Waals surface area contributed by atoms with E-state index in [1.165, 1.54) is 12.1 Å². The molecule has 146 valence electrons. The Kier molecular flexibility index (Phi) is 6.98. The van der Waals surface area contributed by atoms with Gasteiger partial charge in [-0.25, -0.2) is 8.42 Å². The molecule has 0 aliphatic rings. The van der Waals surface area contributed by atoms with E-state index in [-0.39, 0.29) is 16.8 Å². The SMILES string of the molecule is CC(C)C(N)CCN(C)C(=O)c1ccc(NS(=O)(=O)c2ccccc2)cc1. The lowest BCUT2D eigenvalue weighted by molar-refractivity contribution is 0.0789. The number of carbonyl (C=O) groups excluding carboxylic acids is 1. The zero-order valence-corrected chi connectivity index (χ0v) is 16.7. The van der Waals surface area contributed by atoms with Gasteiger partial charge in [-0.15, -0.1) is 0 Å². The van der Waals surface area contributed by atoms with Crippen LogP contribution < -0.4 is 10.5 Å². The predicted molar refractivity (Wildman–Crippen MR) is 108 cm³/mol. The van der Waals surface area contributed by atoms with Gasteiger partial charge in [0.2, 0.25) is 0 Å². The van der Waals surface area contributed by atoms with E-state index in [2.05, 4.69) is 18.6 Å². The van der Waals surface area contributed by atoms with E-state index in [0.717, 1.165) is 6.42 Å². The van der Waals surface area contributed by atoms with Gasteiger partial charge < -0.3 is 10.6 Å². The molecule has 0 saturated heterocycles. The van der Waals surface area contributed by atoms with Crippen molar-refractivity contribution < 1.29 is 13.2 Å². The number of carbonyl (C=O) groups is 1. The highest BCUT2D eigenvalue weighted by Gasteiger charge is 2.16. The van der Waals surface area contributed by atoms with Gasteiger partial charge in [0, 0.05) is 30.9 Å². The topological polar surface area (TPSA) is 92.5 Å². The van der Waals surface area contributed by atoms with E-state index in [1.54, 1.807) is 54.4 Å².